The lowest BCUT2D eigenvalue weighted by Gasteiger charge is -2.44. The van der Waals surface area contributed by atoms with Crippen molar-refractivity contribution in [2.45, 2.75) is 39.0 Å². The minimum Gasteiger partial charge on any atom is -0.381 e. The van der Waals surface area contributed by atoms with E-state index < -0.39 is 28.1 Å². The number of hydrogen-bond donors (Lipinski definition) is 1. The second kappa shape index (κ2) is 10.4. The van der Waals surface area contributed by atoms with Gasteiger partial charge in [0.1, 0.15) is 11.6 Å². The number of ether oxygens (including phenoxy) is 1. The predicted octanol–water partition coefficient (Wildman–Crippen LogP) is 4.92. The Bertz CT molecular complexity index is 708. The van der Waals surface area contributed by atoms with E-state index in [-0.39, 0.29) is 5.41 Å². The zero-order chi connectivity index (χ0) is 20.9. The molecule has 162 valence electrons. The minimum absolute atomic E-state index is 0.0429. The summed E-state index contributed by atoms with van der Waals surface area (Å²) in [7, 11) is 0. The summed E-state index contributed by atoms with van der Waals surface area (Å²) in [4.78, 5) is 12.6. The highest BCUT2D eigenvalue weighted by Gasteiger charge is 2.37. The number of halogens is 3. The first-order valence-electron chi connectivity index (χ1n) is 10.3. The van der Waals surface area contributed by atoms with Crippen LogP contribution in [0.15, 0.2) is 12.1 Å². The number of amides is 1. The van der Waals surface area contributed by atoms with Crippen LogP contribution in [-0.4, -0.2) is 48.8 Å². The Kier molecular flexibility index (Phi) is 8.19. The molecule has 1 N–H and O–H groups in total. The Morgan fingerprint density at radius 1 is 1.28 bits per heavy atom. The molecule has 0 spiro atoms. The maximum atomic E-state index is 14.1. The Hall–Kier alpha value is -0.890. The van der Waals surface area contributed by atoms with Crippen LogP contribution >= 0.6 is 23.5 Å². The van der Waals surface area contributed by atoms with Gasteiger partial charge in [0.25, 0.3) is 5.91 Å². The number of piperidine rings is 1. The maximum Gasteiger partial charge on any atom is 0.255 e. The number of nitrogens with zero attached hydrogens (tertiary/aromatic N) is 1. The van der Waals surface area contributed by atoms with Crippen molar-refractivity contribution in [3.63, 3.8) is 0 Å². The minimum atomic E-state index is -0.804. The largest absolute Gasteiger partial charge is 0.381 e. The van der Waals surface area contributed by atoms with Gasteiger partial charge in [0, 0.05) is 38.6 Å². The molecule has 1 aromatic carbocycles. The molecule has 2 fully saturated rings. The highest BCUT2D eigenvalue weighted by molar-refractivity contribution is 7.96. The fraction of sp³-hybridized carbons (Fsp3) is 0.667. The summed E-state index contributed by atoms with van der Waals surface area (Å²) < 4.78 is 35.7. The first-order valence-corrected chi connectivity index (χ1v) is 11.6. The highest BCUT2D eigenvalue weighted by atomic mass is 35.5. The summed E-state index contributed by atoms with van der Waals surface area (Å²) in [5.41, 5.74) is -0.453. The summed E-state index contributed by atoms with van der Waals surface area (Å²) in [5, 5.41) is 2.41. The normalized spacial score (nSPS) is 20.6. The maximum absolute atomic E-state index is 14.1. The molecule has 1 aromatic rings. The standard InChI is InChI=1S/C21H29ClF2N2O2S/c1-2-29-26-9-7-21(8-10-26,13-15-5-11-28-12-6-15)14-25-20(27)18-16(23)3-4-17(24)19(18)22/h3-4,15H,2,5-14H2,1H3,(H,25,27). The molecule has 4 nitrogen and oxygen atoms in total. The van der Waals surface area contributed by atoms with Crippen LogP contribution in [0.3, 0.4) is 0 Å². The Morgan fingerprint density at radius 3 is 2.59 bits per heavy atom. The lowest BCUT2D eigenvalue weighted by atomic mass is 9.71. The van der Waals surface area contributed by atoms with Gasteiger partial charge in [-0.15, -0.1) is 0 Å². The second-order valence-corrected chi connectivity index (χ2v) is 9.74. The molecular formula is C21H29ClF2N2O2S. The Morgan fingerprint density at radius 2 is 1.93 bits per heavy atom. The number of carbonyl (C=O) groups excluding carboxylic acids is 1. The van der Waals surface area contributed by atoms with Crippen LogP contribution in [0.5, 0.6) is 0 Å². The van der Waals surface area contributed by atoms with Crippen molar-refractivity contribution < 1.29 is 18.3 Å². The van der Waals surface area contributed by atoms with Crippen molar-refractivity contribution in [3.8, 4) is 0 Å². The van der Waals surface area contributed by atoms with E-state index in [0.717, 1.165) is 76.3 Å². The number of carbonyl (C=O) groups is 1. The summed E-state index contributed by atoms with van der Waals surface area (Å²) in [5.74, 6) is -0.632. The van der Waals surface area contributed by atoms with Crippen LogP contribution in [0, 0.1) is 23.0 Å². The molecule has 0 bridgehead atoms. The topological polar surface area (TPSA) is 41.6 Å². The first-order chi connectivity index (χ1) is 13.9. The molecule has 8 heteroatoms. The molecule has 2 heterocycles. The Balaban J connectivity index is 1.70. The third-order valence-corrected chi connectivity index (χ3v) is 7.41. The second-order valence-electron chi connectivity index (χ2n) is 8.01. The lowest BCUT2D eigenvalue weighted by Crippen LogP contribution is -2.46. The molecule has 2 aliphatic rings. The van der Waals surface area contributed by atoms with Crippen molar-refractivity contribution in [1.29, 1.82) is 0 Å². The quantitative estimate of drug-likeness (QED) is 0.477. The zero-order valence-electron chi connectivity index (χ0n) is 16.8. The summed E-state index contributed by atoms with van der Waals surface area (Å²) in [6, 6.07) is 1.87. The average Bonchev–Trinajstić information content (AvgIpc) is 2.72. The van der Waals surface area contributed by atoms with Gasteiger partial charge in [0.15, 0.2) is 0 Å². The van der Waals surface area contributed by atoms with Crippen molar-refractivity contribution in [3.05, 3.63) is 34.4 Å². The van der Waals surface area contributed by atoms with Crippen molar-refractivity contribution in [1.82, 2.24) is 9.62 Å². The van der Waals surface area contributed by atoms with Gasteiger partial charge >= 0.3 is 0 Å². The predicted molar refractivity (Wildman–Crippen MR) is 113 cm³/mol. The summed E-state index contributed by atoms with van der Waals surface area (Å²) >= 11 is 7.70. The number of hydrogen-bond acceptors (Lipinski definition) is 4. The van der Waals surface area contributed by atoms with Gasteiger partial charge in [-0.25, -0.2) is 8.78 Å². The van der Waals surface area contributed by atoms with Gasteiger partial charge < -0.3 is 10.1 Å². The third kappa shape index (κ3) is 5.84. The van der Waals surface area contributed by atoms with Crippen molar-refractivity contribution in [2.24, 2.45) is 11.3 Å². The van der Waals surface area contributed by atoms with E-state index in [4.69, 9.17) is 16.3 Å². The van der Waals surface area contributed by atoms with E-state index in [1.807, 2.05) is 11.9 Å². The molecule has 3 rings (SSSR count). The van der Waals surface area contributed by atoms with Crippen molar-refractivity contribution >= 4 is 29.5 Å². The van der Waals surface area contributed by atoms with Crippen LogP contribution in [0.4, 0.5) is 8.78 Å². The van der Waals surface area contributed by atoms with Crippen LogP contribution < -0.4 is 5.32 Å². The molecule has 0 aliphatic carbocycles. The summed E-state index contributed by atoms with van der Waals surface area (Å²) in [6.07, 6.45) is 5.02. The summed E-state index contributed by atoms with van der Waals surface area (Å²) in [6.45, 7) is 6.09. The number of rotatable bonds is 7. The molecule has 2 aliphatic heterocycles. The van der Waals surface area contributed by atoms with Gasteiger partial charge in [-0.3, -0.25) is 9.10 Å². The van der Waals surface area contributed by atoms with E-state index in [0.29, 0.717) is 12.5 Å². The fourth-order valence-corrected chi connectivity index (χ4v) is 5.42. The highest BCUT2D eigenvalue weighted by Crippen LogP contribution is 2.41. The van der Waals surface area contributed by atoms with Crippen LogP contribution in [0.25, 0.3) is 0 Å². The van der Waals surface area contributed by atoms with Gasteiger partial charge in [0.2, 0.25) is 0 Å². The molecule has 0 atom stereocenters. The molecule has 0 aromatic heterocycles. The lowest BCUT2D eigenvalue weighted by molar-refractivity contribution is 0.0341. The van der Waals surface area contributed by atoms with Gasteiger partial charge in [0.05, 0.1) is 10.6 Å². The van der Waals surface area contributed by atoms with E-state index in [1.165, 1.54) is 0 Å². The molecule has 0 saturated carbocycles. The molecule has 29 heavy (non-hydrogen) atoms. The third-order valence-electron chi connectivity index (χ3n) is 6.05. The van der Waals surface area contributed by atoms with Gasteiger partial charge in [-0.05, 0) is 55.6 Å². The van der Waals surface area contributed by atoms with Gasteiger partial charge in [-0.2, -0.15) is 0 Å². The van der Waals surface area contributed by atoms with Crippen LogP contribution in [-0.2, 0) is 4.74 Å². The van der Waals surface area contributed by atoms with Gasteiger partial charge in [-0.1, -0.05) is 30.5 Å². The SMILES string of the molecule is CCSN1CCC(CNC(=O)c2c(F)ccc(F)c2Cl)(CC2CCOCC2)CC1. The van der Waals surface area contributed by atoms with E-state index in [9.17, 15) is 13.6 Å². The van der Waals surface area contributed by atoms with E-state index in [1.54, 1.807) is 0 Å². The average molecular weight is 447 g/mol. The molecule has 0 radical (unpaired) electrons. The molecule has 1 amide bonds. The molecular weight excluding hydrogens is 418 g/mol. The molecule has 2 saturated heterocycles. The molecule has 0 unspecified atom stereocenters. The fourth-order valence-electron chi connectivity index (χ4n) is 4.38. The Labute approximate surface area is 180 Å². The number of nitrogens with one attached hydrogen (secondary N) is 1. The first kappa shape index (κ1) is 22.8. The monoisotopic (exact) mass is 446 g/mol. The van der Waals surface area contributed by atoms with E-state index >= 15 is 0 Å². The van der Waals surface area contributed by atoms with E-state index in [2.05, 4.69) is 16.5 Å². The van der Waals surface area contributed by atoms with Crippen LogP contribution in [0.1, 0.15) is 49.4 Å². The van der Waals surface area contributed by atoms with Crippen molar-refractivity contribution in [2.75, 3.05) is 38.6 Å². The number of benzene rings is 1. The smallest absolute Gasteiger partial charge is 0.255 e. The zero-order valence-corrected chi connectivity index (χ0v) is 18.4. The van der Waals surface area contributed by atoms with Crippen LogP contribution in [0.2, 0.25) is 5.02 Å².